The van der Waals surface area contributed by atoms with Crippen LogP contribution in [0.3, 0.4) is 0 Å². The first-order valence-corrected chi connectivity index (χ1v) is 19.9. The molecule has 51 heavy (non-hydrogen) atoms. The van der Waals surface area contributed by atoms with Gasteiger partial charge in [-0.2, -0.15) is 0 Å². The van der Waals surface area contributed by atoms with E-state index in [0.717, 1.165) is 29.4 Å². The van der Waals surface area contributed by atoms with E-state index in [1.54, 1.807) is 0 Å². The highest BCUT2D eigenvalue weighted by molar-refractivity contribution is 6.07. The summed E-state index contributed by atoms with van der Waals surface area (Å²) in [6, 6.07) is 7.69. The number of benzene rings is 1. The highest BCUT2D eigenvalue weighted by atomic mass is 16.2. The molecule has 4 N–H and O–H groups in total. The number of imide groups is 1. The second-order valence-electron chi connectivity index (χ2n) is 14.3. The second-order valence-corrected chi connectivity index (χ2v) is 14.3. The molecule has 0 radical (unpaired) electrons. The van der Waals surface area contributed by atoms with Crippen LogP contribution in [0.25, 0.3) is 0 Å². The lowest BCUT2D eigenvalue weighted by atomic mass is 10.0. The Kier molecular flexibility index (Phi) is 22.4. The maximum absolute atomic E-state index is 13.1. The van der Waals surface area contributed by atoms with Crippen molar-refractivity contribution in [2.45, 2.75) is 154 Å². The Hall–Kier alpha value is -3.63. The number of amides is 5. The Morgan fingerprint density at radius 2 is 1.41 bits per heavy atom. The summed E-state index contributed by atoms with van der Waals surface area (Å²) < 4.78 is 0. The number of nitrogens with two attached hydrogens (primary N) is 1. The van der Waals surface area contributed by atoms with Crippen LogP contribution in [-0.4, -0.2) is 85.8 Å². The zero-order chi connectivity index (χ0) is 37.3. The molecular weight excluding hydrogens is 642 g/mol. The van der Waals surface area contributed by atoms with Crippen LogP contribution >= 0.6 is 0 Å². The van der Waals surface area contributed by atoms with Gasteiger partial charge >= 0.3 is 6.03 Å². The third-order valence-electron chi connectivity index (χ3n) is 9.67. The average molecular weight is 712 g/mol. The molecular formula is C40H69N7O4. The average Bonchev–Trinajstić information content (AvgIpc) is 3.39. The number of aliphatic imine (C=N–C) groups is 1. The summed E-state index contributed by atoms with van der Waals surface area (Å²) in [7, 11) is 5.84. The van der Waals surface area contributed by atoms with E-state index in [-0.39, 0.29) is 12.3 Å². The minimum absolute atomic E-state index is 0.0708. The Labute approximate surface area is 308 Å². The number of nitrogens with zero attached hydrogens (tertiary/aromatic N) is 4. The summed E-state index contributed by atoms with van der Waals surface area (Å²) in [5, 5.41) is 5.71. The number of hydrogen-bond acceptors (Lipinski definition) is 5. The van der Waals surface area contributed by atoms with Crippen LogP contribution < -0.4 is 21.3 Å². The summed E-state index contributed by atoms with van der Waals surface area (Å²) in [6.07, 6.45) is 22.0. The maximum atomic E-state index is 13.1. The minimum atomic E-state index is -0.999. The number of nitrogens with one attached hydrogen (secondary N) is 2. The number of unbranched alkanes of at least 4 members (excludes halogenated alkanes) is 15. The smallest absolute Gasteiger partial charge is 0.325 e. The standard InChI is InChI=1S/C40H69N7O4/c1-5-6-7-8-9-10-11-12-13-14-15-16-17-21-30-36(48)42-31-24-22-28-34-38(50)47(40(51)44-34)35(37(41)49)29-23-25-32-43-39(45(2)3)46(4)33-26-19-18-20-27-33/h18-20,26-27,34-35H,5-17,21-25,28-32H2,1-4H3,(H2,41,49)(H,42,48)(H,44,51)/t34-,35-/m0/s1. The van der Waals surface area contributed by atoms with Gasteiger partial charge < -0.3 is 26.2 Å². The molecule has 0 aliphatic carbocycles. The Balaban J connectivity index is 1.58. The van der Waals surface area contributed by atoms with Crippen LogP contribution in [0.2, 0.25) is 0 Å². The van der Waals surface area contributed by atoms with Crippen molar-refractivity contribution < 1.29 is 19.2 Å². The quantitative estimate of drug-likeness (QED) is 0.0365. The fraction of sp³-hybridized carbons (Fsp3) is 0.725. The largest absolute Gasteiger partial charge is 0.368 e. The number of carbonyl (C=O) groups is 4. The highest BCUT2D eigenvalue weighted by Gasteiger charge is 2.43. The Morgan fingerprint density at radius 3 is 1.98 bits per heavy atom. The van der Waals surface area contributed by atoms with Crippen molar-refractivity contribution in [3.05, 3.63) is 30.3 Å². The number of urea groups is 1. The summed E-state index contributed by atoms with van der Waals surface area (Å²) in [5.74, 6) is -0.235. The molecule has 0 unspecified atom stereocenters. The van der Waals surface area contributed by atoms with Crippen LogP contribution in [0.15, 0.2) is 35.3 Å². The normalized spacial score (nSPS) is 15.2. The first-order chi connectivity index (χ1) is 24.7. The molecule has 11 nitrogen and oxygen atoms in total. The van der Waals surface area contributed by atoms with Gasteiger partial charge in [0.1, 0.15) is 12.1 Å². The van der Waals surface area contributed by atoms with E-state index in [4.69, 9.17) is 10.7 Å². The van der Waals surface area contributed by atoms with E-state index in [1.807, 2.05) is 61.3 Å². The molecule has 1 aromatic rings. The van der Waals surface area contributed by atoms with Crippen LogP contribution in [0.1, 0.15) is 142 Å². The molecule has 1 heterocycles. The Bertz CT molecular complexity index is 1180. The summed E-state index contributed by atoms with van der Waals surface area (Å²) in [5.41, 5.74) is 6.69. The van der Waals surface area contributed by atoms with Gasteiger partial charge in [0.2, 0.25) is 11.8 Å². The van der Waals surface area contributed by atoms with Gasteiger partial charge in [-0.3, -0.25) is 19.4 Å². The van der Waals surface area contributed by atoms with Gasteiger partial charge in [-0.1, -0.05) is 109 Å². The van der Waals surface area contributed by atoms with Crippen molar-refractivity contribution in [3.8, 4) is 0 Å². The molecule has 288 valence electrons. The molecule has 0 spiro atoms. The molecule has 0 saturated carbocycles. The van der Waals surface area contributed by atoms with Crippen LogP contribution in [-0.2, 0) is 14.4 Å². The molecule has 1 aliphatic heterocycles. The van der Waals surface area contributed by atoms with E-state index in [2.05, 4.69) is 17.6 Å². The molecule has 11 heteroatoms. The number of hydrogen-bond donors (Lipinski definition) is 3. The molecule has 2 rings (SSSR count). The van der Waals surface area contributed by atoms with Crippen molar-refractivity contribution in [2.75, 3.05) is 39.1 Å². The molecule has 5 amide bonds. The fourth-order valence-corrected chi connectivity index (χ4v) is 6.65. The van der Waals surface area contributed by atoms with Crippen LogP contribution in [0, 0.1) is 0 Å². The minimum Gasteiger partial charge on any atom is -0.368 e. The third-order valence-corrected chi connectivity index (χ3v) is 9.67. The molecule has 1 aromatic carbocycles. The SMILES string of the molecule is CCCCCCCCCCCCCCCCC(=O)NCCCC[C@@H]1NC(=O)N([C@@H](CCCCN=C(N(C)C)N(C)c2ccccc2)C(N)=O)C1=O. The van der Waals surface area contributed by atoms with Gasteiger partial charge in [-0.05, 0) is 57.1 Å². The lowest BCUT2D eigenvalue weighted by Gasteiger charge is -2.26. The molecule has 2 atom stereocenters. The van der Waals surface area contributed by atoms with Crippen LogP contribution in [0.5, 0.6) is 0 Å². The van der Waals surface area contributed by atoms with Crippen molar-refractivity contribution in [2.24, 2.45) is 10.7 Å². The first-order valence-electron chi connectivity index (χ1n) is 19.9. The molecule has 0 aromatic heterocycles. The number of primary amides is 1. The van der Waals surface area contributed by atoms with E-state index >= 15 is 0 Å². The van der Waals surface area contributed by atoms with Gasteiger partial charge in [0.05, 0.1) is 0 Å². The maximum Gasteiger partial charge on any atom is 0.325 e. The van der Waals surface area contributed by atoms with Crippen molar-refractivity contribution in [3.63, 3.8) is 0 Å². The molecule has 1 saturated heterocycles. The van der Waals surface area contributed by atoms with E-state index in [1.165, 1.54) is 77.0 Å². The lowest BCUT2D eigenvalue weighted by molar-refractivity contribution is -0.135. The molecule has 1 aliphatic rings. The molecule has 1 fully saturated rings. The number of carbonyl (C=O) groups excluding carboxylic acids is 4. The monoisotopic (exact) mass is 712 g/mol. The topological polar surface area (TPSA) is 140 Å². The zero-order valence-electron chi connectivity index (χ0n) is 32.3. The number of anilines is 1. The summed E-state index contributed by atoms with van der Waals surface area (Å²) >= 11 is 0. The van der Waals surface area contributed by atoms with E-state index in [9.17, 15) is 19.2 Å². The van der Waals surface area contributed by atoms with Gasteiger partial charge in [0.15, 0.2) is 5.96 Å². The van der Waals surface area contributed by atoms with Gasteiger partial charge in [-0.25, -0.2) is 9.69 Å². The predicted molar refractivity (Wildman–Crippen MR) is 209 cm³/mol. The van der Waals surface area contributed by atoms with Crippen molar-refractivity contribution in [1.29, 1.82) is 0 Å². The van der Waals surface area contributed by atoms with Crippen molar-refractivity contribution in [1.82, 2.24) is 20.4 Å². The zero-order valence-corrected chi connectivity index (χ0v) is 32.3. The number of para-hydroxylation sites is 1. The number of rotatable bonds is 28. The van der Waals surface area contributed by atoms with Gasteiger partial charge in [0, 0.05) is 46.3 Å². The highest BCUT2D eigenvalue weighted by Crippen LogP contribution is 2.19. The third kappa shape index (κ3) is 17.4. The van der Waals surface area contributed by atoms with Gasteiger partial charge in [-0.15, -0.1) is 0 Å². The first kappa shape index (κ1) is 43.5. The van der Waals surface area contributed by atoms with Gasteiger partial charge in [0.25, 0.3) is 5.91 Å². The molecule has 0 bridgehead atoms. The second kappa shape index (κ2) is 26.2. The van der Waals surface area contributed by atoms with E-state index < -0.39 is 29.9 Å². The summed E-state index contributed by atoms with van der Waals surface area (Å²) in [4.78, 5) is 60.2. The van der Waals surface area contributed by atoms with Crippen molar-refractivity contribution >= 4 is 35.4 Å². The summed E-state index contributed by atoms with van der Waals surface area (Å²) in [6.45, 7) is 3.33. The predicted octanol–water partition coefficient (Wildman–Crippen LogP) is 7.14. The van der Waals surface area contributed by atoms with Crippen LogP contribution in [0.4, 0.5) is 10.5 Å². The van der Waals surface area contributed by atoms with E-state index in [0.29, 0.717) is 51.6 Å². The Morgan fingerprint density at radius 1 is 0.824 bits per heavy atom. The lowest BCUT2D eigenvalue weighted by Crippen LogP contribution is -2.48. The number of guanidine groups is 1. The fourth-order valence-electron chi connectivity index (χ4n) is 6.65.